The molecule has 3 rings (SSSR count). The molecule has 1 N–H and O–H groups in total. The molecule has 0 radical (unpaired) electrons. The number of hydrogen-bond acceptors (Lipinski definition) is 5. The molecule has 0 saturated heterocycles. The summed E-state index contributed by atoms with van der Waals surface area (Å²) in [5.41, 5.74) is 3.80. The monoisotopic (exact) mass is 421 g/mol. The lowest BCUT2D eigenvalue weighted by Crippen LogP contribution is -2.38. The van der Waals surface area contributed by atoms with Crippen LogP contribution in [0.5, 0.6) is 5.75 Å². The number of para-hydroxylation sites is 2. The third-order valence-electron chi connectivity index (χ3n) is 4.92. The Balaban J connectivity index is 1.85. The van der Waals surface area contributed by atoms with Crippen molar-refractivity contribution in [3.63, 3.8) is 0 Å². The smallest absolute Gasteiger partial charge is 0.333 e. The fourth-order valence-electron chi connectivity index (χ4n) is 3.43. The van der Waals surface area contributed by atoms with Crippen LogP contribution in [0.15, 0.2) is 54.6 Å². The van der Waals surface area contributed by atoms with Gasteiger partial charge in [-0.05, 0) is 51.5 Å². The van der Waals surface area contributed by atoms with Crippen LogP contribution in [0.3, 0.4) is 0 Å². The zero-order valence-corrected chi connectivity index (χ0v) is 18.2. The molecule has 0 bridgehead atoms. The molecule has 0 aliphatic heterocycles. The molecule has 0 aliphatic rings. The zero-order valence-electron chi connectivity index (χ0n) is 18.2. The van der Waals surface area contributed by atoms with E-state index in [-0.39, 0.29) is 13.2 Å². The molecule has 3 aromatic rings. The van der Waals surface area contributed by atoms with Gasteiger partial charge in [0, 0.05) is 11.3 Å². The van der Waals surface area contributed by atoms with Gasteiger partial charge in [0.25, 0.3) is 5.91 Å². The number of ether oxygens (including phenoxy) is 2. The first-order valence-electron chi connectivity index (χ1n) is 10.2. The molecule has 1 amide bonds. The molecule has 7 nitrogen and oxygen atoms in total. The maximum Gasteiger partial charge on any atom is 0.333 e. The molecule has 0 fully saturated rings. The maximum atomic E-state index is 12.7. The van der Waals surface area contributed by atoms with Crippen molar-refractivity contribution in [1.29, 1.82) is 0 Å². The van der Waals surface area contributed by atoms with Crippen molar-refractivity contribution in [3.05, 3.63) is 77.1 Å². The van der Waals surface area contributed by atoms with Crippen LogP contribution in [-0.2, 0) is 14.3 Å². The number of aromatic nitrogens is 2. The van der Waals surface area contributed by atoms with Crippen LogP contribution in [0, 0.1) is 20.8 Å². The highest BCUT2D eigenvalue weighted by Gasteiger charge is 2.30. The normalized spacial score (nSPS) is 11.6. The number of carbonyl (C=O) groups is 2. The van der Waals surface area contributed by atoms with Gasteiger partial charge in [-0.2, -0.15) is 5.10 Å². The Hall–Kier alpha value is -3.61. The van der Waals surface area contributed by atoms with E-state index in [1.807, 2.05) is 69.3 Å². The Morgan fingerprint density at radius 3 is 2.39 bits per heavy atom. The summed E-state index contributed by atoms with van der Waals surface area (Å²) in [6.07, 6.45) is 0. The Morgan fingerprint density at radius 1 is 1.03 bits per heavy atom. The quantitative estimate of drug-likeness (QED) is 0.562. The van der Waals surface area contributed by atoms with Gasteiger partial charge in [0.15, 0.2) is 12.6 Å². The molecule has 1 heterocycles. The molecule has 0 spiro atoms. The number of amides is 1. The second-order valence-electron chi connectivity index (χ2n) is 7.14. The van der Waals surface area contributed by atoms with Crippen molar-refractivity contribution in [1.82, 2.24) is 15.1 Å². The van der Waals surface area contributed by atoms with Crippen molar-refractivity contribution in [2.75, 3.05) is 13.2 Å². The average Bonchev–Trinajstić information content (AvgIpc) is 3.06. The van der Waals surface area contributed by atoms with Gasteiger partial charge >= 0.3 is 5.97 Å². The van der Waals surface area contributed by atoms with Crippen LogP contribution in [0.25, 0.3) is 5.69 Å². The average molecular weight is 421 g/mol. The minimum Gasteiger partial charge on any atom is -0.484 e. The summed E-state index contributed by atoms with van der Waals surface area (Å²) >= 11 is 0. The Bertz CT molecular complexity index is 1060. The van der Waals surface area contributed by atoms with Crippen molar-refractivity contribution >= 4 is 11.9 Å². The predicted molar refractivity (Wildman–Crippen MR) is 117 cm³/mol. The van der Waals surface area contributed by atoms with Crippen LogP contribution < -0.4 is 10.1 Å². The number of hydrogen-bond donors (Lipinski definition) is 1. The summed E-state index contributed by atoms with van der Waals surface area (Å²) in [4.78, 5) is 25.4. The first kappa shape index (κ1) is 22.1. The van der Waals surface area contributed by atoms with Gasteiger partial charge in [0.05, 0.1) is 18.0 Å². The van der Waals surface area contributed by atoms with Crippen LogP contribution in [-0.4, -0.2) is 34.9 Å². The van der Waals surface area contributed by atoms with Crippen molar-refractivity contribution in [2.45, 2.75) is 33.7 Å². The summed E-state index contributed by atoms with van der Waals surface area (Å²) in [5, 5.41) is 7.34. The number of rotatable bonds is 8. The minimum atomic E-state index is -0.981. The van der Waals surface area contributed by atoms with E-state index in [1.165, 1.54) is 0 Å². The number of esters is 1. The van der Waals surface area contributed by atoms with Crippen molar-refractivity contribution in [2.24, 2.45) is 0 Å². The van der Waals surface area contributed by atoms with Crippen molar-refractivity contribution < 1.29 is 19.1 Å². The molecule has 1 atom stereocenters. The molecule has 7 heteroatoms. The van der Waals surface area contributed by atoms with E-state index in [2.05, 4.69) is 10.4 Å². The Labute approximate surface area is 182 Å². The van der Waals surface area contributed by atoms with E-state index in [0.717, 1.165) is 16.9 Å². The minimum absolute atomic E-state index is 0.204. The number of carbonyl (C=O) groups excluding carboxylic acids is 2. The van der Waals surface area contributed by atoms with Gasteiger partial charge in [-0.15, -0.1) is 0 Å². The second kappa shape index (κ2) is 9.93. The Morgan fingerprint density at radius 2 is 1.71 bits per heavy atom. The standard InChI is InChI=1S/C24H27N3O4/c1-5-30-24(29)23(25-21(28)15-31-20-14-10-9-11-16(20)2)22-17(3)26-27(18(22)4)19-12-7-6-8-13-19/h6-14,23H,5,15H2,1-4H3,(H,25,28)/t23-/m1/s1. The van der Waals surface area contributed by atoms with Crippen LogP contribution in [0.1, 0.15) is 35.5 Å². The highest BCUT2D eigenvalue weighted by Crippen LogP contribution is 2.25. The lowest BCUT2D eigenvalue weighted by Gasteiger charge is -2.18. The van der Waals surface area contributed by atoms with Gasteiger partial charge in [-0.1, -0.05) is 36.4 Å². The fraction of sp³-hybridized carbons (Fsp3) is 0.292. The van der Waals surface area contributed by atoms with Crippen LogP contribution >= 0.6 is 0 Å². The molecule has 162 valence electrons. The first-order chi connectivity index (χ1) is 14.9. The molecule has 0 saturated carbocycles. The lowest BCUT2D eigenvalue weighted by atomic mass is 10.0. The summed E-state index contributed by atoms with van der Waals surface area (Å²) in [6.45, 7) is 7.29. The zero-order chi connectivity index (χ0) is 22.4. The van der Waals surface area contributed by atoms with Crippen LogP contribution in [0.2, 0.25) is 0 Å². The number of aryl methyl sites for hydroxylation is 2. The molecule has 31 heavy (non-hydrogen) atoms. The predicted octanol–water partition coefficient (Wildman–Crippen LogP) is 3.60. The Kier molecular flexibility index (Phi) is 7.07. The number of nitrogens with zero attached hydrogens (tertiary/aromatic N) is 2. The summed E-state index contributed by atoms with van der Waals surface area (Å²) in [7, 11) is 0. The van der Waals surface area contributed by atoms with E-state index in [4.69, 9.17) is 9.47 Å². The van der Waals surface area contributed by atoms with Crippen molar-refractivity contribution in [3.8, 4) is 11.4 Å². The van der Waals surface area contributed by atoms with E-state index in [1.54, 1.807) is 17.7 Å². The number of benzene rings is 2. The van der Waals surface area contributed by atoms with Gasteiger partial charge in [-0.25, -0.2) is 9.48 Å². The summed E-state index contributed by atoms with van der Waals surface area (Å²) in [5.74, 6) is -0.340. The SMILES string of the molecule is CCOC(=O)[C@H](NC(=O)COc1ccccc1C)c1c(C)nn(-c2ccccc2)c1C. The van der Waals surface area contributed by atoms with Gasteiger partial charge in [0.1, 0.15) is 5.75 Å². The van der Waals surface area contributed by atoms with E-state index in [0.29, 0.717) is 17.0 Å². The van der Waals surface area contributed by atoms with Gasteiger partial charge < -0.3 is 14.8 Å². The molecular weight excluding hydrogens is 394 g/mol. The third kappa shape index (κ3) is 5.12. The summed E-state index contributed by atoms with van der Waals surface area (Å²) in [6, 6.07) is 16.1. The van der Waals surface area contributed by atoms with E-state index in [9.17, 15) is 9.59 Å². The number of nitrogens with one attached hydrogen (secondary N) is 1. The van der Waals surface area contributed by atoms with Crippen LogP contribution in [0.4, 0.5) is 0 Å². The van der Waals surface area contributed by atoms with Gasteiger partial charge in [0.2, 0.25) is 0 Å². The molecule has 1 aromatic heterocycles. The summed E-state index contributed by atoms with van der Waals surface area (Å²) < 4.78 is 12.6. The van der Waals surface area contributed by atoms with E-state index < -0.39 is 17.9 Å². The molecule has 0 aliphatic carbocycles. The largest absolute Gasteiger partial charge is 0.484 e. The highest BCUT2D eigenvalue weighted by atomic mass is 16.5. The maximum absolute atomic E-state index is 12.7. The second-order valence-corrected chi connectivity index (χ2v) is 7.14. The molecule has 2 aromatic carbocycles. The first-order valence-corrected chi connectivity index (χ1v) is 10.2. The van der Waals surface area contributed by atoms with E-state index >= 15 is 0 Å². The molecular formula is C24H27N3O4. The topological polar surface area (TPSA) is 82.4 Å². The lowest BCUT2D eigenvalue weighted by molar-refractivity contribution is -0.147. The fourth-order valence-corrected chi connectivity index (χ4v) is 3.43. The molecule has 0 unspecified atom stereocenters. The third-order valence-corrected chi connectivity index (χ3v) is 4.92. The highest BCUT2D eigenvalue weighted by molar-refractivity contribution is 5.86. The van der Waals surface area contributed by atoms with Gasteiger partial charge in [-0.3, -0.25) is 4.79 Å².